The first-order valence-electron chi connectivity index (χ1n) is 2.11. The van der Waals surface area contributed by atoms with Gasteiger partial charge in [0.15, 0.2) is 0 Å². The monoisotopic (exact) mass is 186 g/mol. The van der Waals surface area contributed by atoms with Crippen LogP contribution in [0, 0.1) is 0 Å². The molecule has 0 spiro atoms. The summed E-state index contributed by atoms with van der Waals surface area (Å²) in [5.74, 6) is 0. The Hall–Kier alpha value is 0.669. The maximum atomic E-state index is 9.61. The second-order valence-corrected chi connectivity index (χ2v) is 1.89. The van der Waals surface area contributed by atoms with E-state index in [-0.39, 0.29) is 17.1 Å². The van der Waals surface area contributed by atoms with Crippen molar-refractivity contribution in [3.8, 4) is 0 Å². The molecule has 1 unspecified atom stereocenters. The van der Waals surface area contributed by atoms with E-state index < -0.39 is 8.25 Å². The van der Waals surface area contributed by atoms with Crippen LogP contribution in [0.5, 0.6) is 0 Å². The summed E-state index contributed by atoms with van der Waals surface area (Å²) in [6.45, 7) is 2.17. The summed E-state index contributed by atoms with van der Waals surface area (Å²) in [4.78, 5) is 9.61. The molecule has 0 N–H and O–H groups in total. The zero-order valence-electron chi connectivity index (χ0n) is 4.44. The van der Waals surface area contributed by atoms with Gasteiger partial charge < -0.3 is 14.0 Å². The van der Waals surface area contributed by atoms with Gasteiger partial charge in [0.05, 0.1) is 6.61 Å². The second kappa shape index (κ2) is 7.67. The molecule has 5 heteroatoms. The van der Waals surface area contributed by atoms with Crippen LogP contribution in [0.3, 0.4) is 0 Å². The van der Waals surface area contributed by atoms with Gasteiger partial charge in [-0.3, -0.25) is 0 Å². The van der Waals surface area contributed by atoms with Crippen LogP contribution in [0.2, 0.25) is 0 Å². The minimum Gasteiger partial charge on any atom is -0.781 e. The van der Waals surface area contributed by atoms with Crippen LogP contribution in [0.15, 0.2) is 0 Å². The Bertz CT molecular complexity index is 67.5. The van der Waals surface area contributed by atoms with Crippen LogP contribution >= 0.6 is 8.25 Å². The van der Waals surface area contributed by atoms with Crippen molar-refractivity contribution in [3.05, 3.63) is 0 Å². The van der Waals surface area contributed by atoms with Crippen molar-refractivity contribution in [1.29, 1.82) is 0 Å². The fourth-order valence-corrected chi connectivity index (χ4v) is 0.556. The van der Waals surface area contributed by atoms with Crippen LogP contribution in [0.25, 0.3) is 0 Å². The summed E-state index contributed by atoms with van der Waals surface area (Å²) < 4.78 is 13.8. The van der Waals surface area contributed by atoms with Gasteiger partial charge in [0.1, 0.15) is 8.25 Å². The van der Waals surface area contributed by atoms with Crippen molar-refractivity contribution in [2.75, 3.05) is 6.61 Å². The van der Waals surface area contributed by atoms with E-state index in [1.165, 1.54) is 0 Å². The van der Waals surface area contributed by atoms with Gasteiger partial charge in [0.2, 0.25) is 0 Å². The molecule has 0 aromatic heterocycles. The van der Waals surface area contributed by atoms with Crippen LogP contribution in [-0.2, 0) is 26.2 Å². The summed E-state index contributed by atoms with van der Waals surface area (Å²) in [5, 5.41) is 0. The van der Waals surface area contributed by atoms with Crippen molar-refractivity contribution in [2.45, 2.75) is 13.3 Å². The molecule has 54 valence electrons. The quantitative estimate of drug-likeness (QED) is 0.466. The molecule has 0 saturated carbocycles. The molecule has 0 rings (SSSR count). The van der Waals surface area contributed by atoms with E-state index in [0.29, 0.717) is 6.61 Å². The average Bonchev–Trinajstić information content (AvgIpc) is 1.61. The molecule has 0 aliphatic rings. The maximum Gasteiger partial charge on any atom is 1.00 e. The van der Waals surface area contributed by atoms with E-state index in [2.05, 4.69) is 4.52 Å². The van der Waals surface area contributed by atoms with E-state index in [0.717, 1.165) is 6.42 Å². The Morgan fingerprint density at radius 2 is 2.25 bits per heavy atom. The fraction of sp³-hybridized carbons (Fsp3) is 1.00. The predicted octanol–water partition coefficient (Wildman–Crippen LogP) is 0.160. The van der Waals surface area contributed by atoms with E-state index in [1.54, 1.807) is 0 Å². The SMILES string of the molecule is CCCO[PH](=O)[O-].[Cu+]. The topological polar surface area (TPSA) is 49.4 Å². The smallest absolute Gasteiger partial charge is 0.781 e. The van der Waals surface area contributed by atoms with Crippen LogP contribution < -0.4 is 4.89 Å². The molecular weight excluding hydrogens is 179 g/mol. The first kappa shape index (κ1) is 11.5. The molecule has 0 aromatic rings. The minimum atomic E-state index is -2.90. The van der Waals surface area contributed by atoms with Gasteiger partial charge in [0, 0.05) is 0 Å². The normalized spacial score (nSPS) is 12.2. The summed E-state index contributed by atoms with van der Waals surface area (Å²) >= 11 is 0. The largest absolute Gasteiger partial charge is 1.00 e. The molecule has 0 fully saturated rings. The van der Waals surface area contributed by atoms with Gasteiger partial charge in [-0.25, -0.2) is 0 Å². The molecule has 0 aromatic carbocycles. The van der Waals surface area contributed by atoms with Gasteiger partial charge >= 0.3 is 17.1 Å². The summed E-state index contributed by atoms with van der Waals surface area (Å²) in [6.07, 6.45) is 0.749. The van der Waals surface area contributed by atoms with Crippen molar-refractivity contribution in [2.24, 2.45) is 0 Å². The molecule has 0 bridgehead atoms. The zero-order chi connectivity index (χ0) is 5.70. The maximum absolute atomic E-state index is 9.61. The Kier molecular flexibility index (Phi) is 11.0. The molecule has 0 aliphatic carbocycles. The van der Waals surface area contributed by atoms with E-state index in [4.69, 9.17) is 0 Å². The summed E-state index contributed by atoms with van der Waals surface area (Å²) in [7, 11) is -2.90. The molecule has 0 saturated heterocycles. The van der Waals surface area contributed by atoms with Gasteiger partial charge in [-0.05, 0) is 6.42 Å². The molecule has 0 aliphatic heterocycles. The van der Waals surface area contributed by atoms with Crippen molar-refractivity contribution in [1.82, 2.24) is 0 Å². The zero-order valence-corrected chi connectivity index (χ0v) is 6.38. The predicted molar refractivity (Wildman–Crippen MR) is 25.2 cm³/mol. The van der Waals surface area contributed by atoms with E-state index in [9.17, 15) is 9.46 Å². The van der Waals surface area contributed by atoms with Gasteiger partial charge in [-0.2, -0.15) is 0 Å². The number of rotatable bonds is 3. The molecule has 3 nitrogen and oxygen atoms in total. The molecule has 1 atom stereocenters. The summed E-state index contributed by atoms with van der Waals surface area (Å²) in [5.41, 5.74) is 0. The Morgan fingerprint density at radius 3 is 2.38 bits per heavy atom. The third kappa shape index (κ3) is 9.83. The van der Waals surface area contributed by atoms with Crippen molar-refractivity contribution < 1.29 is 31.1 Å². The van der Waals surface area contributed by atoms with Gasteiger partial charge in [-0.1, -0.05) is 6.92 Å². The van der Waals surface area contributed by atoms with Crippen molar-refractivity contribution in [3.63, 3.8) is 0 Å². The van der Waals surface area contributed by atoms with E-state index in [1.807, 2.05) is 6.92 Å². The average molecular weight is 187 g/mol. The molecule has 0 radical (unpaired) electrons. The first-order chi connectivity index (χ1) is 3.27. The van der Waals surface area contributed by atoms with Gasteiger partial charge in [-0.15, -0.1) is 0 Å². The molecule has 8 heavy (non-hydrogen) atoms. The second-order valence-electron chi connectivity index (χ2n) is 1.10. The molecule has 0 amide bonds. The minimum absolute atomic E-state index is 0. The fourth-order valence-electron chi connectivity index (χ4n) is 0.185. The van der Waals surface area contributed by atoms with E-state index >= 15 is 0 Å². The molecular formula is C3H8CuO3P. The van der Waals surface area contributed by atoms with Gasteiger partial charge in [0.25, 0.3) is 0 Å². The standard InChI is InChI=1S/C3H9O3P.Cu/c1-2-3-6-7(4)5;/h7H,2-3H2,1H3,(H,4,5);/q;+1/p-1. The van der Waals surface area contributed by atoms with Crippen LogP contribution in [0.1, 0.15) is 13.3 Å². The van der Waals surface area contributed by atoms with Crippen LogP contribution in [0.4, 0.5) is 0 Å². The Balaban J connectivity index is 0. The third-order valence-corrected chi connectivity index (χ3v) is 0.864. The Morgan fingerprint density at radius 1 is 1.75 bits per heavy atom. The molecule has 0 heterocycles. The van der Waals surface area contributed by atoms with Crippen molar-refractivity contribution >= 4 is 8.25 Å². The number of hydrogen-bond acceptors (Lipinski definition) is 3. The Labute approximate surface area is 59.9 Å². The van der Waals surface area contributed by atoms with Crippen LogP contribution in [-0.4, -0.2) is 6.61 Å². The summed E-state index contributed by atoms with van der Waals surface area (Å²) in [6, 6.07) is 0. The number of hydrogen-bond donors (Lipinski definition) is 0. The first-order valence-corrected chi connectivity index (χ1v) is 3.33. The third-order valence-electron chi connectivity index (χ3n) is 0.424.